The van der Waals surface area contributed by atoms with Crippen LogP contribution in [0.25, 0.3) is 0 Å². The first-order valence-electron chi connectivity index (χ1n) is 9.22. The number of aromatic nitrogens is 1. The highest BCUT2D eigenvalue weighted by atomic mass is 32.1. The van der Waals surface area contributed by atoms with Crippen LogP contribution in [-0.2, 0) is 19.4 Å². The third kappa shape index (κ3) is 6.52. The van der Waals surface area contributed by atoms with Crippen molar-refractivity contribution >= 4 is 28.6 Å². The van der Waals surface area contributed by atoms with Gasteiger partial charge in [0.25, 0.3) is 0 Å². The molecule has 3 aromatic heterocycles. The molecule has 0 aliphatic carbocycles. The van der Waals surface area contributed by atoms with E-state index in [-0.39, 0.29) is 0 Å². The quantitative estimate of drug-likeness (QED) is 0.410. The van der Waals surface area contributed by atoms with Gasteiger partial charge in [0.1, 0.15) is 10.8 Å². The molecule has 144 valence electrons. The van der Waals surface area contributed by atoms with Crippen LogP contribution >= 0.6 is 22.7 Å². The summed E-state index contributed by atoms with van der Waals surface area (Å²) in [7, 11) is 0. The van der Waals surface area contributed by atoms with E-state index >= 15 is 0 Å². The number of hydrogen-bond donors (Lipinski definition) is 2. The van der Waals surface area contributed by atoms with Gasteiger partial charge in [-0.25, -0.2) is 9.98 Å². The van der Waals surface area contributed by atoms with Gasteiger partial charge in [0, 0.05) is 29.8 Å². The lowest BCUT2D eigenvalue weighted by atomic mass is 10.2. The van der Waals surface area contributed by atoms with E-state index in [4.69, 9.17) is 9.41 Å². The maximum Gasteiger partial charge on any atom is 0.191 e. The first-order chi connectivity index (χ1) is 13.2. The highest BCUT2D eigenvalue weighted by Gasteiger charge is 2.06. The molecule has 0 atom stereocenters. The zero-order valence-corrected chi connectivity index (χ0v) is 17.4. The molecule has 0 aliphatic rings. The van der Waals surface area contributed by atoms with Crippen molar-refractivity contribution in [1.29, 1.82) is 0 Å². The van der Waals surface area contributed by atoms with Crippen LogP contribution in [0.15, 0.2) is 50.7 Å². The van der Waals surface area contributed by atoms with Gasteiger partial charge in [-0.2, -0.15) is 0 Å². The van der Waals surface area contributed by atoms with Crippen LogP contribution in [0.5, 0.6) is 0 Å². The van der Waals surface area contributed by atoms with E-state index in [0.717, 1.165) is 48.4 Å². The van der Waals surface area contributed by atoms with Crippen LogP contribution in [0.2, 0.25) is 0 Å². The summed E-state index contributed by atoms with van der Waals surface area (Å²) in [5, 5.41) is 12.1. The lowest BCUT2D eigenvalue weighted by Gasteiger charge is -2.11. The van der Waals surface area contributed by atoms with Gasteiger partial charge in [0.15, 0.2) is 5.96 Å². The van der Waals surface area contributed by atoms with Crippen LogP contribution in [0, 0.1) is 0 Å². The average molecular weight is 403 g/mol. The van der Waals surface area contributed by atoms with Crippen molar-refractivity contribution in [3.05, 3.63) is 62.6 Å². The molecule has 3 heterocycles. The topological polar surface area (TPSA) is 62.5 Å². The highest BCUT2D eigenvalue weighted by molar-refractivity contribution is 7.10. The summed E-state index contributed by atoms with van der Waals surface area (Å²) in [6.07, 6.45) is 3.52. The molecule has 7 heteroatoms. The van der Waals surface area contributed by atoms with Crippen LogP contribution in [-0.4, -0.2) is 24.0 Å². The van der Waals surface area contributed by atoms with E-state index in [1.165, 1.54) is 4.88 Å². The smallest absolute Gasteiger partial charge is 0.191 e. The average Bonchev–Trinajstić information content (AvgIpc) is 3.41. The predicted molar refractivity (Wildman–Crippen MR) is 114 cm³/mol. The molecular weight excluding hydrogens is 376 g/mol. The zero-order chi connectivity index (χ0) is 18.9. The number of rotatable bonds is 9. The molecule has 3 aromatic rings. The van der Waals surface area contributed by atoms with Gasteiger partial charge in [-0.3, -0.25) is 0 Å². The Hall–Kier alpha value is -2.12. The van der Waals surface area contributed by atoms with Gasteiger partial charge in [0.05, 0.1) is 18.5 Å². The van der Waals surface area contributed by atoms with Crippen LogP contribution in [0.1, 0.15) is 41.1 Å². The first kappa shape index (κ1) is 19.6. The molecule has 0 spiro atoms. The number of guanidine groups is 1. The van der Waals surface area contributed by atoms with E-state index < -0.39 is 0 Å². The lowest BCUT2D eigenvalue weighted by molar-refractivity contribution is 0.506. The summed E-state index contributed by atoms with van der Waals surface area (Å²) in [6, 6.07) is 8.16. The molecule has 0 bridgehead atoms. The fourth-order valence-corrected chi connectivity index (χ4v) is 4.09. The SMILES string of the molecule is CC(C)c1csc(CN=C(NCCc2ccco2)NCCc2cccs2)n1. The molecule has 2 N–H and O–H groups in total. The molecular formula is C20H26N4OS2. The van der Waals surface area contributed by atoms with Gasteiger partial charge in [-0.1, -0.05) is 19.9 Å². The van der Waals surface area contributed by atoms with Crippen LogP contribution < -0.4 is 10.6 Å². The van der Waals surface area contributed by atoms with Crippen molar-refractivity contribution in [2.45, 2.75) is 39.2 Å². The Bertz CT molecular complexity index is 765. The Morgan fingerprint density at radius 3 is 2.67 bits per heavy atom. The Balaban J connectivity index is 1.54. The molecule has 0 saturated carbocycles. The number of thiazole rings is 1. The van der Waals surface area contributed by atoms with Crippen molar-refractivity contribution in [3.8, 4) is 0 Å². The lowest BCUT2D eigenvalue weighted by Crippen LogP contribution is -2.39. The van der Waals surface area contributed by atoms with E-state index in [1.807, 2.05) is 12.1 Å². The van der Waals surface area contributed by atoms with Crippen molar-refractivity contribution in [3.63, 3.8) is 0 Å². The fourth-order valence-electron chi connectivity index (χ4n) is 2.50. The Kier molecular flexibility index (Phi) is 7.47. The summed E-state index contributed by atoms with van der Waals surface area (Å²) < 4.78 is 5.39. The standard InChI is InChI=1S/C20H26N4OS2/c1-15(2)18-14-27-19(24-18)13-23-20(21-9-7-16-5-3-11-25-16)22-10-8-17-6-4-12-26-17/h3-6,11-12,14-15H,7-10,13H2,1-2H3,(H2,21,22,23). The number of thiophene rings is 1. The number of furan rings is 1. The summed E-state index contributed by atoms with van der Waals surface area (Å²) >= 11 is 3.46. The van der Waals surface area contributed by atoms with Crippen molar-refractivity contribution < 1.29 is 4.42 Å². The highest BCUT2D eigenvalue weighted by Crippen LogP contribution is 2.18. The van der Waals surface area contributed by atoms with E-state index in [2.05, 4.69) is 52.4 Å². The normalized spacial score (nSPS) is 11.9. The minimum atomic E-state index is 0.453. The molecule has 0 amide bonds. The molecule has 3 rings (SSSR count). The van der Waals surface area contributed by atoms with E-state index in [9.17, 15) is 0 Å². The van der Waals surface area contributed by atoms with Crippen molar-refractivity contribution in [2.24, 2.45) is 4.99 Å². The zero-order valence-electron chi connectivity index (χ0n) is 15.8. The van der Waals surface area contributed by atoms with E-state index in [1.54, 1.807) is 28.9 Å². The summed E-state index contributed by atoms with van der Waals surface area (Å²) in [4.78, 5) is 10.8. The molecule has 0 unspecified atom stereocenters. The molecule has 0 saturated heterocycles. The summed E-state index contributed by atoms with van der Waals surface area (Å²) in [5.74, 6) is 2.25. The minimum Gasteiger partial charge on any atom is -0.469 e. The third-order valence-electron chi connectivity index (χ3n) is 4.02. The van der Waals surface area contributed by atoms with Crippen LogP contribution in [0.4, 0.5) is 0 Å². The molecule has 0 radical (unpaired) electrons. The largest absolute Gasteiger partial charge is 0.469 e. The fraction of sp³-hybridized carbons (Fsp3) is 0.400. The Labute approximate surface area is 168 Å². The monoisotopic (exact) mass is 402 g/mol. The number of nitrogens with zero attached hydrogens (tertiary/aromatic N) is 2. The molecule has 0 fully saturated rings. The molecule has 27 heavy (non-hydrogen) atoms. The first-order valence-corrected chi connectivity index (χ1v) is 11.0. The van der Waals surface area contributed by atoms with Crippen molar-refractivity contribution in [2.75, 3.05) is 13.1 Å². The maximum absolute atomic E-state index is 5.39. The third-order valence-corrected chi connectivity index (χ3v) is 5.81. The van der Waals surface area contributed by atoms with Gasteiger partial charge in [-0.15, -0.1) is 22.7 Å². The number of nitrogens with one attached hydrogen (secondary N) is 2. The molecule has 0 aliphatic heterocycles. The van der Waals surface area contributed by atoms with Crippen molar-refractivity contribution in [1.82, 2.24) is 15.6 Å². The Morgan fingerprint density at radius 1 is 1.15 bits per heavy atom. The second-order valence-corrected chi connectivity index (χ2v) is 8.47. The molecule has 5 nitrogen and oxygen atoms in total. The van der Waals surface area contributed by atoms with Gasteiger partial charge < -0.3 is 15.1 Å². The Morgan fingerprint density at radius 2 is 2.00 bits per heavy atom. The summed E-state index contributed by atoms with van der Waals surface area (Å²) in [6.45, 7) is 6.54. The molecule has 0 aromatic carbocycles. The second-order valence-electron chi connectivity index (χ2n) is 6.50. The van der Waals surface area contributed by atoms with E-state index in [0.29, 0.717) is 12.5 Å². The van der Waals surface area contributed by atoms with Crippen LogP contribution in [0.3, 0.4) is 0 Å². The number of hydrogen-bond acceptors (Lipinski definition) is 5. The minimum absolute atomic E-state index is 0.453. The van der Waals surface area contributed by atoms with Gasteiger partial charge in [0.2, 0.25) is 0 Å². The van der Waals surface area contributed by atoms with Gasteiger partial charge >= 0.3 is 0 Å². The van der Waals surface area contributed by atoms with Gasteiger partial charge in [-0.05, 0) is 35.9 Å². The second kappa shape index (κ2) is 10.3. The number of aliphatic imine (C=N–C) groups is 1. The predicted octanol–water partition coefficient (Wildman–Crippen LogP) is 4.44. The maximum atomic E-state index is 5.39. The summed E-state index contributed by atoms with van der Waals surface area (Å²) in [5.41, 5.74) is 1.14.